The minimum absolute atomic E-state index is 0.836. The molecule has 1 aromatic heterocycles. The molecule has 0 spiro atoms. The van der Waals surface area contributed by atoms with E-state index in [4.69, 9.17) is 5.73 Å². The van der Waals surface area contributed by atoms with Crippen molar-refractivity contribution in [3.05, 3.63) is 17.8 Å². The number of nitrogens with two attached hydrogens (primary N) is 1. The zero-order valence-corrected chi connectivity index (χ0v) is 10.2. The van der Waals surface area contributed by atoms with E-state index in [1.165, 1.54) is 25.7 Å². The van der Waals surface area contributed by atoms with Crippen molar-refractivity contribution in [3.8, 4) is 0 Å². The van der Waals surface area contributed by atoms with Gasteiger partial charge in [-0.1, -0.05) is 12.8 Å². The number of nitrogens with zero attached hydrogens (tertiary/aromatic N) is 2. The third-order valence-corrected chi connectivity index (χ3v) is 3.53. The molecule has 0 bridgehead atoms. The molecule has 0 aromatic carbocycles. The second-order valence-electron chi connectivity index (χ2n) is 4.93. The van der Waals surface area contributed by atoms with Crippen LogP contribution < -0.4 is 10.6 Å². The molecule has 0 unspecified atom stereocenters. The first-order valence-electron chi connectivity index (χ1n) is 6.10. The molecule has 1 aliphatic carbocycles. The Hall–Kier alpha value is -1.25. The molecule has 0 atom stereocenters. The number of anilines is 2. The first kappa shape index (κ1) is 11.2. The zero-order valence-electron chi connectivity index (χ0n) is 10.2. The monoisotopic (exact) mass is 219 g/mol. The summed E-state index contributed by atoms with van der Waals surface area (Å²) in [4.78, 5) is 6.65. The first-order valence-corrected chi connectivity index (χ1v) is 6.10. The van der Waals surface area contributed by atoms with Gasteiger partial charge in [0.1, 0.15) is 5.82 Å². The molecule has 0 aliphatic heterocycles. The SMILES string of the molecule is Cc1cnc(N(C)CC2CCCC2)cc1N. The first-order chi connectivity index (χ1) is 7.66. The van der Waals surface area contributed by atoms with Crippen LogP contribution in [0.2, 0.25) is 0 Å². The molecule has 0 radical (unpaired) electrons. The van der Waals surface area contributed by atoms with Crippen molar-refractivity contribution in [1.29, 1.82) is 0 Å². The van der Waals surface area contributed by atoms with E-state index in [1.807, 2.05) is 19.2 Å². The van der Waals surface area contributed by atoms with Crippen molar-refractivity contribution in [3.63, 3.8) is 0 Å². The van der Waals surface area contributed by atoms with Gasteiger partial charge in [0.05, 0.1) is 0 Å². The van der Waals surface area contributed by atoms with Crippen molar-refractivity contribution >= 4 is 11.5 Å². The average Bonchev–Trinajstić information content (AvgIpc) is 2.74. The van der Waals surface area contributed by atoms with Crippen LogP contribution in [-0.2, 0) is 0 Å². The third-order valence-electron chi connectivity index (χ3n) is 3.53. The van der Waals surface area contributed by atoms with Crippen molar-refractivity contribution in [1.82, 2.24) is 4.98 Å². The quantitative estimate of drug-likeness (QED) is 0.849. The lowest BCUT2D eigenvalue weighted by Crippen LogP contribution is -2.25. The van der Waals surface area contributed by atoms with Crippen molar-refractivity contribution in [2.75, 3.05) is 24.2 Å². The van der Waals surface area contributed by atoms with E-state index < -0.39 is 0 Å². The van der Waals surface area contributed by atoms with Crippen LogP contribution in [0, 0.1) is 12.8 Å². The Morgan fingerprint density at radius 2 is 2.12 bits per heavy atom. The van der Waals surface area contributed by atoms with Crippen LogP contribution in [-0.4, -0.2) is 18.6 Å². The highest BCUT2D eigenvalue weighted by atomic mass is 15.2. The molecule has 1 aliphatic rings. The fourth-order valence-corrected chi connectivity index (χ4v) is 2.41. The van der Waals surface area contributed by atoms with Gasteiger partial charge in [0, 0.05) is 31.5 Å². The Morgan fingerprint density at radius 1 is 1.44 bits per heavy atom. The van der Waals surface area contributed by atoms with E-state index in [1.54, 1.807) is 0 Å². The lowest BCUT2D eigenvalue weighted by atomic mass is 10.1. The molecule has 3 heteroatoms. The number of hydrogen-bond acceptors (Lipinski definition) is 3. The predicted molar refractivity (Wildman–Crippen MR) is 68.6 cm³/mol. The van der Waals surface area contributed by atoms with Gasteiger partial charge in [0.2, 0.25) is 0 Å². The fraction of sp³-hybridized carbons (Fsp3) is 0.615. The highest BCUT2D eigenvalue weighted by Gasteiger charge is 2.17. The molecule has 88 valence electrons. The number of rotatable bonds is 3. The summed E-state index contributed by atoms with van der Waals surface area (Å²) in [6, 6.07) is 1.98. The van der Waals surface area contributed by atoms with Crippen LogP contribution >= 0.6 is 0 Å². The normalized spacial score (nSPS) is 16.6. The van der Waals surface area contributed by atoms with Gasteiger partial charge in [0.25, 0.3) is 0 Å². The highest BCUT2D eigenvalue weighted by molar-refractivity contribution is 5.54. The van der Waals surface area contributed by atoms with Gasteiger partial charge in [-0.3, -0.25) is 0 Å². The van der Waals surface area contributed by atoms with Crippen molar-refractivity contribution in [2.24, 2.45) is 5.92 Å². The van der Waals surface area contributed by atoms with E-state index >= 15 is 0 Å². The van der Waals surface area contributed by atoms with Gasteiger partial charge in [-0.25, -0.2) is 4.98 Å². The highest BCUT2D eigenvalue weighted by Crippen LogP contribution is 2.26. The summed E-state index contributed by atoms with van der Waals surface area (Å²) in [6.45, 7) is 3.10. The van der Waals surface area contributed by atoms with Gasteiger partial charge < -0.3 is 10.6 Å². The second kappa shape index (κ2) is 4.73. The Labute approximate surface area is 97.7 Å². The minimum Gasteiger partial charge on any atom is -0.398 e. The van der Waals surface area contributed by atoms with E-state index in [0.717, 1.165) is 29.5 Å². The molecule has 1 heterocycles. The molecular weight excluding hydrogens is 198 g/mol. The number of aromatic nitrogens is 1. The van der Waals surface area contributed by atoms with E-state index in [2.05, 4.69) is 16.9 Å². The topological polar surface area (TPSA) is 42.2 Å². The van der Waals surface area contributed by atoms with Crippen LogP contribution in [0.15, 0.2) is 12.3 Å². The Bertz CT molecular complexity index is 356. The number of nitrogen functional groups attached to an aromatic ring is 1. The van der Waals surface area contributed by atoms with Crippen molar-refractivity contribution < 1.29 is 0 Å². The summed E-state index contributed by atoms with van der Waals surface area (Å²) >= 11 is 0. The predicted octanol–water partition coefficient (Wildman–Crippen LogP) is 2.60. The standard InChI is InChI=1S/C13H21N3/c1-10-8-15-13(7-12(10)14)16(2)9-11-5-3-4-6-11/h7-8,11H,3-6,9H2,1-2H3,(H2,14,15). The summed E-state index contributed by atoms with van der Waals surface area (Å²) in [5.41, 5.74) is 7.79. The molecule has 2 rings (SSSR count). The van der Waals surface area contributed by atoms with Gasteiger partial charge in [-0.2, -0.15) is 0 Å². The summed E-state index contributed by atoms with van der Waals surface area (Å²) in [5.74, 6) is 1.84. The van der Waals surface area contributed by atoms with Gasteiger partial charge in [-0.05, 0) is 31.2 Å². The second-order valence-corrected chi connectivity index (χ2v) is 4.93. The Balaban J connectivity index is 2.02. The Morgan fingerprint density at radius 3 is 2.75 bits per heavy atom. The van der Waals surface area contributed by atoms with Gasteiger partial charge >= 0.3 is 0 Å². The molecule has 1 fully saturated rings. The van der Waals surface area contributed by atoms with Crippen LogP contribution in [0.25, 0.3) is 0 Å². The Kier molecular flexibility index (Phi) is 3.32. The van der Waals surface area contributed by atoms with Crippen LogP contribution in [0.5, 0.6) is 0 Å². The van der Waals surface area contributed by atoms with E-state index in [0.29, 0.717) is 0 Å². The molecule has 16 heavy (non-hydrogen) atoms. The number of pyridine rings is 1. The van der Waals surface area contributed by atoms with Gasteiger partial charge in [-0.15, -0.1) is 0 Å². The van der Waals surface area contributed by atoms with Crippen LogP contribution in [0.4, 0.5) is 11.5 Å². The number of aryl methyl sites for hydroxylation is 1. The molecule has 1 aromatic rings. The maximum Gasteiger partial charge on any atom is 0.130 e. The molecule has 2 N–H and O–H groups in total. The van der Waals surface area contributed by atoms with E-state index in [9.17, 15) is 0 Å². The summed E-state index contributed by atoms with van der Waals surface area (Å²) in [5, 5.41) is 0. The molecule has 0 amide bonds. The lowest BCUT2D eigenvalue weighted by Gasteiger charge is -2.22. The molecule has 1 saturated carbocycles. The summed E-state index contributed by atoms with van der Waals surface area (Å²) in [7, 11) is 2.11. The van der Waals surface area contributed by atoms with Crippen LogP contribution in [0.1, 0.15) is 31.2 Å². The fourth-order valence-electron chi connectivity index (χ4n) is 2.41. The van der Waals surface area contributed by atoms with Crippen molar-refractivity contribution in [2.45, 2.75) is 32.6 Å². The smallest absolute Gasteiger partial charge is 0.130 e. The molecular formula is C13H21N3. The average molecular weight is 219 g/mol. The molecule has 0 saturated heterocycles. The summed E-state index contributed by atoms with van der Waals surface area (Å²) in [6.07, 6.45) is 7.37. The zero-order chi connectivity index (χ0) is 11.5. The van der Waals surface area contributed by atoms with Gasteiger partial charge in [0.15, 0.2) is 0 Å². The largest absolute Gasteiger partial charge is 0.398 e. The summed E-state index contributed by atoms with van der Waals surface area (Å²) < 4.78 is 0. The maximum atomic E-state index is 5.90. The lowest BCUT2D eigenvalue weighted by molar-refractivity contribution is 0.545. The van der Waals surface area contributed by atoms with Crippen LogP contribution in [0.3, 0.4) is 0 Å². The number of hydrogen-bond donors (Lipinski definition) is 1. The van der Waals surface area contributed by atoms with E-state index in [-0.39, 0.29) is 0 Å². The maximum absolute atomic E-state index is 5.90. The molecule has 3 nitrogen and oxygen atoms in total. The third kappa shape index (κ3) is 2.46. The minimum atomic E-state index is 0.836.